The second-order valence-corrected chi connectivity index (χ2v) is 13.0. The predicted molar refractivity (Wildman–Crippen MR) is 197 cm³/mol. The number of aromatic nitrogens is 3. The number of hydrogen-bond donors (Lipinski definition) is 0. The third kappa shape index (κ3) is 4.68. The summed E-state index contributed by atoms with van der Waals surface area (Å²) in [6.07, 6.45) is 5.08. The van der Waals surface area contributed by atoms with E-state index in [1.165, 1.54) is 59.1 Å². The van der Waals surface area contributed by atoms with E-state index in [9.17, 15) is 0 Å². The molecule has 8 aromatic rings. The molecule has 0 N–H and O–H groups in total. The Kier molecular flexibility index (Phi) is 6.61. The van der Waals surface area contributed by atoms with E-state index in [1.54, 1.807) is 11.3 Å². The second kappa shape index (κ2) is 11.3. The van der Waals surface area contributed by atoms with Crippen LogP contribution in [0.5, 0.6) is 0 Å². The van der Waals surface area contributed by atoms with E-state index >= 15 is 0 Å². The van der Waals surface area contributed by atoms with E-state index in [4.69, 9.17) is 15.0 Å². The monoisotopic (exact) mass is 619 g/mol. The van der Waals surface area contributed by atoms with Crippen LogP contribution in [-0.2, 0) is 6.42 Å². The van der Waals surface area contributed by atoms with Crippen LogP contribution >= 0.6 is 11.3 Å². The van der Waals surface area contributed by atoms with Gasteiger partial charge in [-0.1, -0.05) is 133 Å². The summed E-state index contributed by atoms with van der Waals surface area (Å²) in [7, 11) is 0. The molecule has 222 valence electrons. The SMILES string of the molecule is C/C=C/c1ccc(-c2cccc3c2Cc2cccc(-c4nc(-c5ccccc5)nc(-c5cccc6c5sc5ccccc56)n4)c2-3)cc1. The molecule has 0 saturated carbocycles. The standard InChI is InChI=1S/C43H29N3S/c1-2-11-27-22-24-28(25-23-27)31-16-9-17-33-37(31)26-30-14-8-19-35(39(30)33)42-44-41(29-12-4-3-5-13-29)45-43(46-42)36-20-10-18-34-32-15-6-7-21-38(32)47-40(34)36/h2-25H,26H2,1H3/b11-2+. The molecule has 0 saturated heterocycles. The summed E-state index contributed by atoms with van der Waals surface area (Å²) in [6, 6.07) is 47.4. The molecule has 0 atom stereocenters. The first-order valence-electron chi connectivity index (χ1n) is 15.9. The quantitative estimate of drug-likeness (QED) is 0.192. The fourth-order valence-corrected chi connectivity index (χ4v) is 8.16. The average molecular weight is 620 g/mol. The molecular formula is C43H29N3S. The zero-order chi connectivity index (χ0) is 31.3. The Bertz CT molecular complexity index is 2490. The molecule has 0 unspecified atom stereocenters. The third-order valence-electron chi connectivity index (χ3n) is 9.10. The number of hydrogen-bond acceptors (Lipinski definition) is 4. The van der Waals surface area contributed by atoms with Crippen molar-refractivity contribution in [1.82, 2.24) is 15.0 Å². The lowest BCUT2D eigenvalue weighted by atomic mass is 9.94. The maximum atomic E-state index is 5.26. The van der Waals surface area contributed by atoms with Gasteiger partial charge in [0, 0.05) is 36.9 Å². The van der Waals surface area contributed by atoms with E-state index in [0.29, 0.717) is 17.5 Å². The lowest BCUT2D eigenvalue weighted by molar-refractivity contribution is 1.08. The fraction of sp³-hybridized carbons (Fsp3) is 0.0465. The summed E-state index contributed by atoms with van der Waals surface area (Å²) in [5.41, 5.74) is 11.9. The Morgan fingerprint density at radius 1 is 0.532 bits per heavy atom. The van der Waals surface area contributed by atoms with E-state index in [-0.39, 0.29) is 0 Å². The highest BCUT2D eigenvalue weighted by Crippen LogP contribution is 2.46. The van der Waals surface area contributed by atoms with Crippen LogP contribution in [0.15, 0.2) is 140 Å². The number of fused-ring (bicyclic) bond motifs is 6. The Hall–Kier alpha value is -5.71. The van der Waals surface area contributed by atoms with Crippen molar-refractivity contribution in [3.63, 3.8) is 0 Å². The topological polar surface area (TPSA) is 38.7 Å². The molecule has 1 aliphatic rings. The highest BCUT2D eigenvalue weighted by molar-refractivity contribution is 7.26. The number of allylic oxidation sites excluding steroid dienone is 1. The van der Waals surface area contributed by atoms with Crippen LogP contribution in [0.4, 0.5) is 0 Å². The van der Waals surface area contributed by atoms with Gasteiger partial charge in [-0.15, -0.1) is 11.3 Å². The lowest BCUT2D eigenvalue weighted by Crippen LogP contribution is -2.01. The van der Waals surface area contributed by atoms with Crippen molar-refractivity contribution in [3.8, 4) is 56.4 Å². The van der Waals surface area contributed by atoms with Gasteiger partial charge in [0.15, 0.2) is 17.5 Å². The average Bonchev–Trinajstić information content (AvgIpc) is 3.71. The molecule has 9 rings (SSSR count). The Balaban J connectivity index is 1.24. The maximum Gasteiger partial charge on any atom is 0.165 e. The Labute approximate surface area is 277 Å². The van der Waals surface area contributed by atoms with Crippen molar-refractivity contribution < 1.29 is 0 Å². The molecule has 0 radical (unpaired) electrons. The van der Waals surface area contributed by atoms with Gasteiger partial charge in [0.05, 0.1) is 0 Å². The van der Waals surface area contributed by atoms with Gasteiger partial charge in [-0.2, -0.15) is 0 Å². The first-order chi connectivity index (χ1) is 23.2. The lowest BCUT2D eigenvalue weighted by Gasteiger charge is -2.13. The maximum absolute atomic E-state index is 5.26. The molecule has 0 spiro atoms. The van der Waals surface area contributed by atoms with E-state index < -0.39 is 0 Å². The van der Waals surface area contributed by atoms with Crippen LogP contribution in [0, 0.1) is 0 Å². The van der Waals surface area contributed by atoms with Gasteiger partial charge in [0.1, 0.15) is 0 Å². The van der Waals surface area contributed by atoms with E-state index in [0.717, 1.165) is 23.1 Å². The minimum atomic E-state index is 0.675. The molecule has 0 aliphatic heterocycles. The van der Waals surface area contributed by atoms with Crippen molar-refractivity contribution in [2.24, 2.45) is 0 Å². The molecular weight excluding hydrogens is 591 g/mol. The van der Waals surface area contributed by atoms with Crippen LogP contribution in [0.2, 0.25) is 0 Å². The summed E-state index contributed by atoms with van der Waals surface area (Å²) < 4.78 is 2.45. The van der Waals surface area contributed by atoms with Crippen molar-refractivity contribution in [1.29, 1.82) is 0 Å². The first kappa shape index (κ1) is 27.6. The van der Waals surface area contributed by atoms with Crippen LogP contribution in [0.25, 0.3) is 82.7 Å². The number of thiophene rings is 1. The van der Waals surface area contributed by atoms with Crippen molar-refractivity contribution >= 4 is 37.6 Å². The zero-order valence-corrected chi connectivity index (χ0v) is 26.6. The minimum Gasteiger partial charge on any atom is -0.208 e. The summed E-state index contributed by atoms with van der Waals surface area (Å²) in [4.78, 5) is 15.5. The fourth-order valence-electron chi connectivity index (χ4n) is 6.95. The van der Waals surface area contributed by atoms with Crippen LogP contribution in [0.3, 0.4) is 0 Å². The van der Waals surface area contributed by atoms with Gasteiger partial charge < -0.3 is 0 Å². The molecule has 6 aromatic carbocycles. The summed E-state index contributed by atoms with van der Waals surface area (Å²) in [5, 5.41) is 2.49. The van der Waals surface area contributed by atoms with Gasteiger partial charge >= 0.3 is 0 Å². The van der Waals surface area contributed by atoms with Gasteiger partial charge in [0.25, 0.3) is 0 Å². The summed E-state index contributed by atoms with van der Waals surface area (Å²) >= 11 is 1.80. The van der Waals surface area contributed by atoms with Gasteiger partial charge in [-0.3, -0.25) is 0 Å². The van der Waals surface area contributed by atoms with Crippen LogP contribution in [-0.4, -0.2) is 15.0 Å². The third-order valence-corrected chi connectivity index (χ3v) is 10.3. The van der Waals surface area contributed by atoms with Crippen molar-refractivity contribution in [3.05, 3.63) is 156 Å². The van der Waals surface area contributed by atoms with Crippen LogP contribution < -0.4 is 0 Å². The summed E-state index contributed by atoms with van der Waals surface area (Å²) in [6.45, 7) is 2.05. The van der Waals surface area contributed by atoms with Gasteiger partial charge in [-0.25, -0.2) is 15.0 Å². The Morgan fingerprint density at radius 3 is 2.04 bits per heavy atom. The molecule has 4 heteroatoms. The van der Waals surface area contributed by atoms with Crippen molar-refractivity contribution in [2.45, 2.75) is 13.3 Å². The highest BCUT2D eigenvalue weighted by Gasteiger charge is 2.26. The molecule has 47 heavy (non-hydrogen) atoms. The number of benzene rings is 6. The summed E-state index contributed by atoms with van der Waals surface area (Å²) in [5.74, 6) is 2.06. The molecule has 0 amide bonds. The van der Waals surface area contributed by atoms with E-state index in [1.807, 2.05) is 18.2 Å². The number of nitrogens with zero attached hydrogens (tertiary/aromatic N) is 3. The smallest absolute Gasteiger partial charge is 0.165 e. The van der Waals surface area contributed by atoms with Gasteiger partial charge in [-0.05, 0) is 64.4 Å². The molecule has 2 aromatic heterocycles. The molecule has 1 aliphatic carbocycles. The number of rotatable bonds is 5. The molecule has 0 fully saturated rings. The first-order valence-corrected chi connectivity index (χ1v) is 16.8. The highest BCUT2D eigenvalue weighted by atomic mass is 32.1. The van der Waals surface area contributed by atoms with Gasteiger partial charge in [0.2, 0.25) is 0 Å². The largest absolute Gasteiger partial charge is 0.208 e. The van der Waals surface area contributed by atoms with Crippen molar-refractivity contribution in [2.75, 3.05) is 0 Å². The molecule has 2 heterocycles. The minimum absolute atomic E-state index is 0.675. The predicted octanol–water partition coefficient (Wildman–Crippen LogP) is 11.5. The second-order valence-electron chi connectivity index (χ2n) is 11.9. The normalized spacial score (nSPS) is 12.2. The molecule has 3 nitrogen and oxygen atoms in total. The van der Waals surface area contributed by atoms with Crippen LogP contribution in [0.1, 0.15) is 23.6 Å². The van der Waals surface area contributed by atoms with E-state index in [2.05, 4.69) is 134 Å². The molecule has 0 bridgehead atoms. The Morgan fingerprint density at radius 2 is 1.19 bits per heavy atom. The zero-order valence-electron chi connectivity index (χ0n) is 25.8.